The maximum absolute atomic E-state index is 12.2. The first-order valence-electron chi connectivity index (χ1n) is 7.27. The summed E-state index contributed by atoms with van der Waals surface area (Å²) < 4.78 is 1.38. The van der Waals surface area contributed by atoms with Crippen molar-refractivity contribution in [2.45, 2.75) is 38.8 Å². The highest BCUT2D eigenvalue weighted by Gasteiger charge is 2.13. The van der Waals surface area contributed by atoms with E-state index in [-0.39, 0.29) is 11.7 Å². The van der Waals surface area contributed by atoms with E-state index in [4.69, 9.17) is 5.84 Å². The quantitative estimate of drug-likeness (QED) is 0.629. The largest absolute Gasteiger partial charge is 0.336 e. The number of nitrogens with two attached hydrogens (primary N) is 1. The summed E-state index contributed by atoms with van der Waals surface area (Å²) in [6.07, 6.45) is 1.76. The SMILES string of the molecule is CCc1cccc(CC)c1NC(=O)CSc1nnc(C)n1N. The third kappa shape index (κ3) is 3.59. The molecule has 0 saturated carbocycles. The third-order valence-corrected chi connectivity index (χ3v) is 4.37. The molecule has 1 aromatic heterocycles. The van der Waals surface area contributed by atoms with Crippen LogP contribution in [0.1, 0.15) is 30.8 Å². The minimum absolute atomic E-state index is 0.0683. The van der Waals surface area contributed by atoms with Crippen molar-refractivity contribution in [3.05, 3.63) is 35.2 Å². The molecule has 7 heteroatoms. The zero-order valence-corrected chi connectivity index (χ0v) is 13.9. The molecule has 3 N–H and O–H groups in total. The highest BCUT2D eigenvalue weighted by atomic mass is 32.2. The molecule has 0 fully saturated rings. The first-order chi connectivity index (χ1) is 10.6. The molecule has 0 aliphatic heterocycles. The third-order valence-electron chi connectivity index (χ3n) is 3.43. The molecule has 2 aromatic rings. The summed E-state index contributed by atoms with van der Waals surface area (Å²) in [5, 5.41) is 11.4. The van der Waals surface area contributed by atoms with Crippen molar-refractivity contribution in [1.82, 2.24) is 14.9 Å². The van der Waals surface area contributed by atoms with Crippen LogP contribution in [0.15, 0.2) is 23.4 Å². The van der Waals surface area contributed by atoms with E-state index in [9.17, 15) is 4.79 Å². The highest BCUT2D eigenvalue weighted by molar-refractivity contribution is 7.99. The molecule has 0 bridgehead atoms. The van der Waals surface area contributed by atoms with Crippen LogP contribution in [0.25, 0.3) is 0 Å². The fourth-order valence-electron chi connectivity index (χ4n) is 2.16. The van der Waals surface area contributed by atoms with Gasteiger partial charge in [-0.2, -0.15) is 0 Å². The van der Waals surface area contributed by atoms with E-state index in [0.717, 1.165) is 29.7 Å². The molecular weight excluding hydrogens is 298 g/mol. The van der Waals surface area contributed by atoms with Crippen LogP contribution in [-0.2, 0) is 17.6 Å². The Morgan fingerprint density at radius 3 is 2.41 bits per heavy atom. The number of rotatable bonds is 6. The second kappa shape index (κ2) is 7.31. The number of thioether (sulfide) groups is 1. The standard InChI is InChI=1S/C15H21N5OS/c1-4-11-7-6-8-12(5-2)14(11)17-13(21)9-22-15-19-18-10(3)20(15)16/h6-8H,4-5,9,16H2,1-3H3,(H,17,21). The van der Waals surface area contributed by atoms with Crippen molar-refractivity contribution in [3.8, 4) is 0 Å². The molecule has 22 heavy (non-hydrogen) atoms. The number of carbonyl (C=O) groups excluding carboxylic acids is 1. The van der Waals surface area contributed by atoms with Crippen LogP contribution in [0.4, 0.5) is 5.69 Å². The summed E-state index contributed by atoms with van der Waals surface area (Å²) in [5.41, 5.74) is 3.23. The van der Waals surface area contributed by atoms with Crippen LogP contribution in [-0.4, -0.2) is 26.5 Å². The van der Waals surface area contributed by atoms with Crippen molar-refractivity contribution in [3.63, 3.8) is 0 Å². The summed E-state index contributed by atoms with van der Waals surface area (Å²) in [6.45, 7) is 5.93. The zero-order chi connectivity index (χ0) is 16.1. The number of para-hydroxylation sites is 1. The number of amides is 1. The lowest BCUT2D eigenvalue weighted by atomic mass is 10.0. The first kappa shape index (κ1) is 16.4. The van der Waals surface area contributed by atoms with Crippen LogP contribution in [0.2, 0.25) is 0 Å². The lowest BCUT2D eigenvalue weighted by Crippen LogP contribution is -2.18. The fraction of sp³-hybridized carbons (Fsp3) is 0.400. The summed E-state index contributed by atoms with van der Waals surface area (Å²) in [5.74, 6) is 6.57. The Labute approximate surface area is 134 Å². The molecule has 0 radical (unpaired) electrons. The van der Waals surface area contributed by atoms with Gasteiger partial charge in [0.15, 0.2) is 0 Å². The van der Waals surface area contributed by atoms with E-state index < -0.39 is 0 Å². The van der Waals surface area contributed by atoms with Crippen molar-refractivity contribution in [1.29, 1.82) is 0 Å². The molecule has 0 aliphatic rings. The van der Waals surface area contributed by atoms with Crippen molar-refractivity contribution in [2.24, 2.45) is 0 Å². The molecule has 6 nitrogen and oxygen atoms in total. The van der Waals surface area contributed by atoms with Gasteiger partial charge in [-0.3, -0.25) is 4.79 Å². The van der Waals surface area contributed by atoms with E-state index in [1.807, 2.05) is 18.2 Å². The molecule has 2 rings (SSSR count). The summed E-state index contributed by atoms with van der Waals surface area (Å²) in [7, 11) is 0. The normalized spacial score (nSPS) is 10.7. The molecule has 0 spiro atoms. The second-order valence-electron chi connectivity index (χ2n) is 4.90. The first-order valence-corrected chi connectivity index (χ1v) is 8.25. The average molecular weight is 319 g/mol. The number of aryl methyl sites for hydroxylation is 3. The number of benzene rings is 1. The van der Waals surface area contributed by atoms with Gasteiger partial charge in [0, 0.05) is 5.69 Å². The van der Waals surface area contributed by atoms with Gasteiger partial charge in [0.2, 0.25) is 11.1 Å². The number of nitrogen functional groups attached to an aromatic ring is 1. The van der Waals surface area contributed by atoms with Crippen LogP contribution in [0, 0.1) is 6.92 Å². The van der Waals surface area contributed by atoms with Gasteiger partial charge in [0.05, 0.1) is 5.75 Å². The lowest BCUT2D eigenvalue weighted by molar-refractivity contribution is -0.113. The predicted octanol–water partition coefficient (Wildman–Crippen LogP) is 2.16. The Morgan fingerprint density at radius 1 is 1.27 bits per heavy atom. The van der Waals surface area contributed by atoms with Crippen LogP contribution < -0.4 is 11.2 Å². The Morgan fingerprint density at radius 2 is 1.91 bits per heavy atom. The topological polar surface area (TPSA) is 85.8 Å². The molecule has 118 valence electrons. The van der Waals surface area contributed by atoms with Gasteiger partial charge in [0.25, 0.3) is 0 Å². The molecule has 1 aromatic carbocycles. The van der Waals surface area contributed by atoms with E-state index in [0.29, 0.717) is 11.0 Å². The molecule has 1 amide bonds. The summed E-state index contributed by atoms with van der Waals surface area (Å²) in [6, 6.07) is 6.12. The van der Waals surface area contributed by atoms with Gasteiger partial charge in [-0.1, -0.05) is 43.8 Å². The van der Waals surface area contributed by atoms with Crippen LogP contribution >= 0.6 is 11.8 Å². The van der Waals surface area contributed by atoms with Crippen molar-refractivity contribution in [2.75, 3.05) is 16.9 Å². The Kier molecular flexibility index (Phi) is 5.43. The van der Waals surface area contributed by atoms with Crippen molar-refractivity contribution >= 4 is 23.4 Å². The minimum Gasteiger partial charge on any atom is -0.336 e. The zero-order valence-electron chi connectivity index (χ0n) is 13.1. The van der Waals surface area contributed by atoms with Crippen LogP contribution in [0.5, 0.6) is 0 Å². The van der Waals surface area contributed by atoms with Crippen LogP contribution in [0.3, 0.4) is 0 Å². The number of hydrogen-bond acceptors (Lipinski definition) is 5. The number of nitrogens with one attached hydrogen (secondary N) is 1. The van der Waals surface area contributed by atoms with E-state index in [1.165, 1.54) is 16.4 Å². The summed E-state index contributed by atoms with van der Waals surface area (Å²) in [4.78, 5) is 12.2. The maximum atomic E-state index is 12.2. The monoisotopic (exact) mass is 319 g/mol. The van der Waals surface area contributed by atoms with E-state index in [2.05, 4.69) is 29.4 Å². The van der Waals surface area contributed by atoms with Crippen molar-refractivity contribution < 1.29 is 4.79 Å². The molecule has 1 heterocycles. The number of anilines is 1. The van der Waals surface area contributed by atoms with Gasteiger partial charge < -0.3 is 11.2 Å². The number of nitrogens with zero attached hydrogens (tertiary/aromatic N) is 3. The van der Waals surface area contributed by atoms with Gasteiger partial charge >= 0.3 is 0 Å². The maximum Gasteiger partial charge on any atom is 0.234 e. The van der Waals surface area contributed by atoms with Gasteiger partial charge in [0.1, 0.15) is 5.82 Å². The number of hydrogen-bond donors (Lipinski definition) is 2. The number of carbonyl (C=O) groups is 1. The average Bonchev–Trinajstić information content (AvgIpc) is 2.84. The van der Waals surface area contributed by atoms with E-state index in [1.54, 1.807) is 6.92 Å². The van der Waals surface area contributed by atoms with Gasteiger partial charge in [-0.05, 0) is 30.9 Å². The van der Waals surface area contributed by atoms with Gasteiger partial charge in [-0.15, -0.1) is 10.2 Å². The molecular formula is C15H21N5OS. The number of aromatic nitrogens is 3. The fourth-order valence-corrected chi connectivity index (χ4v) is 2.86. The Balaban J connectivity index is 2.05. The van der Waals surface area contributed by atoms with Gasteiger partial charge in [-0.25, -0.2) is 4.68 Å². The molecule has 0 aliphatic carbocycles. The summed E-state index contributed by atoms with van der Waals surface area (Å²) >= 11 is 1.27. The Hall–Kier alpha value is -2.02. The van der Waals surface area contributed by atoms with E-state index >= 15 is 0 Å². The highest BCUT2D eigenvalue weighted by Crippen LogP contribution is 2.23. The smallest absolute Gasteiger partial charge is 0.234 e. The Bertz CT molecular complexity index is 646. The molecule has 0 atom stereocenters. The molecule has 0 unspecified atom stereocenters. The lowest BCUT2D eigenvalue weighted by Gasteiger charge is -2.14. The molecule has 0 saturated heterocycles. The predicted molar refractivity (Wildman–Crippen MR) is 89.5 cm³/mol. The second-order valence-corrected chi connectivity index (χ2v) is 5.84. The minimum atomic E-state index is -0.0683.